The highest BCUT2D eigenvalue weighted by Gasteiger charge is 2.62. The van der Waals surface area contributed by atoms with Crippen molar-refractivity contribution in [2.24, 2.45) is 0 Å². The molecule has 2 aliphatic rings. The molecule has 2 saturated heterocycles. The molecule has 0 amide bonds. The first kappa shape index (κ1) is 26.6. The van der Waals surface area contributed by atoms with Crippen LogP contribution in [0.4, 0.5) is 10.2 Å². The van der Waals surface area contributed by atoms with Gasteiger partial charge in [-0.05, 0) is 39.5 Å². The summed E-state index contributed by atoms with van der Waals surface area (Å²) in [4.78, 5) is 27.3. The average Bonchev–Trinajstić information content (AvgIpc) is 3.31. The van der Waals surface area contributed by atoms with Gasteiger partial charge in [-0.15, -0.1) is 11.6 Å². The number of nitrogens with zero attached hydrogens (tertiary/aromatic N) is 5. The maximum Gasteiger partial charge on any atom is 0.323 e. The summed E-state index contributed by atoms with van der Waals surface area (Å²) in [5, 5.41) is 2.88. The van der Waals surface area contributed by atoms with Gasteiger partial charge in [0.1, 0.15) is 23.6 Å². The number of fused-ring (bicyclic) bond motifs is 2. The van der Waals surface area contributed by atoms with E-state index in [9.17, 15) is 4.79 Å². The van der Waals surface area contributed by atoms with Gasteiger partial charge in [-0.2, -0.15) is 0 Å². The summed E-state index contributed by atoms with van der Waals surface area (Å²) in [6.07, 6.45) is -2.79. The van der Waals surface area contributed by atoms with Crippen LogP contribution >= 0.6 is 18.2 Å². The Bertz CT molecular complexity index is 1170. The third-order valence-corrected chi connectivity index (χ3v) is 8.68. The van der Waals surface area contributed by atoms with E-state index < -0.39 is 42.8 Å². The van der Waals surface area contributed by atoms with Crippen LogP contribution in [0, 0.1) is 6.92 Å². The number of anilines is 1. The fraction of sp³-hybridized carbons (Fsp3) is 0.700. The van der Waals surface area contributed by atoms with Crippen LogP contribution in [0.2, 0.25) is 0 Å². The molecule has 0 aromatic carbocycles. The molecule has 194 valence electrons. The van der Waals surface area contributed by atoms with Crippen LogP contribution in [0.5, 0.6) is 0 Å². The average molecular weight is 551 g/mol. The number of carbonyl (C=O) groups is 1. The Balaban J connectivity index is 1.62. The van der Waals surface area contributed by atoms with Gasteiger partial charge in [-0.3, -0.25) is 9.36 Å². The summed E-state index contributed by atoms with van der Waals surface area (Å²) in [5.74, 6) is 0.492. The number of hydrogen-bond donors (Lipinski definition) is 1. The number of ether oxygens (including phenoxy) is 2. The molecule has 2 aromatic heterocycles. The van der Waals surface area contributed by atoms with Crippen LogP contribution in [0.15, 0.2) is 6.33 Å². The smallest absolute Gasteiger partial charge is 0.323 e. The lowest BCUT2D eigenvalue weighted by Crippen LogP contribution is -2.53. The Morgan fingerprint density at radius 1 is 1.46 bits per heavy atom. The van der Waals surface area contributed by atoms with Crippen LogP contribution in [0.1, 0.15) is 32.8 Å². The number of nitrogens with one attached hydrogen (secondary N) is 1. The van der Waals surface area contributed by atoms with Crippen molar-refractivity contribution in [2.75, 3.05) is 31.5 Å². The number of aryl methyl sites for hydroxylation is 1. The number of aromatic nitrogens is 4. The third kappa shape index (κ3) is 4.92. The zero-order chi connectivity index (χ0) is 25.7. The van der Waals surface area contributed by atoms with Gasteiger partial charge in [-0.25, -0.2) is 24.4 Å². The molecule has 35 heavy (non-hydrogen) atoms. The first-order valence-electron chi connectivity index (χ1n) is 11.1. The summed E-state index contributed by atoms with van der Waals surface area (Å²) < 4.78 is 40.7. The van der Waals surface area contributed by atoms with Crippen LogP contribution in [-0.2, 0) is 35.1 Å². The summed E-state index contributed by atoms with van der Waals surface area (Å²) in [6, 6.07) is -0.815. The van der Waals surface area contributed by atoms with E-state index in [1.165, 1.54) is 10.9 Å². The molecule has 0 spiro atoms. The van der Waals surface area contributed by atoms with Gasteiger partial charge < -0.3 is 23.4 Å². The highest BCUT2D eigenvalue weighted by molar-refractivity contribution is 8.09. The van der Waals surface area contributed by atoms with Gasteiger partial charge in [0.05, 0.1) is 24.9 Å². The largest absolute Gasteiger partial charge is 0.462 e. The Hall–Kier alpha value is -1.47. The van der Waals surface area contributed by atoms with E-state index in [1.54, 1.807) is 32.6 Å². The summed E-state index contributed by atoms with van der Waals surface area (Å²) in [6.45, 7) is 3.43. The third-order valence-electron chi connectivity index (χ3n) is 5.66. The Labute approximate surface area is 212 Å². The van der Waals surface area contributed by atoms with Gasteiger partial charge in [-0.1, -0.05) is 0 Å². The van der Waals surface area contributed by atoms with Gasteiger partial charge in [0.2, 0.25) is 0 Å². The quantitative estimate of drug-likeness (QED) is 0.312. The van der Waals surface area contributed by atoms with Crippen LogP contribution in [0.3, 0.4) is 0 Å². The lowest BCUT2D eigenvalue weighted by atomic mass is 9.99. The normalized spacial score (nSPS) is 31.5. The summed E-state index contributed by atoms with van der Waals surface area (Å²) in [5.41, 5.74) is -0.367. The Kier molecular flexibility index (Phi) is 7.42. The number of imidazole rings is 1. The molecule has 15 heteroatoms. The van der Waals surface area contributed by atoms with Gasteiger partial charge in [0.15, 0.2) is 29.4 Å². The number of carbonyl (C=O) groups excluding carboxylic acids is 1. The van der Waals surface area contributed by atoms with Crippen molar-refractivity contribution in [3.63, 3.8) is 0 Å². The molecule has 4 rings (SSSR count). The van der Waals surface area contributed by atoms with E-state index in [0.29, 0.717) is 22.8 Å². The molecule has 1 unspecified atom stereocenters. The van der Waals surface area contributed by atoms with E-state index >= 15 is 4.39 Å². The second kappa shape index (κ2) is 9.77. The van der Waals surface area contributed by atoms with Crippen molar-refractivity contribution in [3.8, 4) is 0 Å². The van der Waals surface area contributed by atoms with Gasteiger partial charge in [0, 0.05) is 14.1 Å². The topological polar surface area (TPSA) is 113 Å². The fourth-order valence-electron chi connectivity index (χ4n) is 4.01. The minimum Gasteiger partial charge on any atom is -0.462 e. The first-order valence-corrected chi connectivity index (χ1v) is 14.2. The summed E-state index contributed by atoms with van der Waals surface area (Å²) in [7, 11) is 3.68. The molecule has 0 saturated carbocycles. The minimum absolute atomic E-state index is 0.0988. The minimum atomic E-state index is -3.26. The maximum absolute atomic E-state index is 16.0. The monoisotopic (exact) mass is 550 g/mol. The predicted molar refractivity (Wildman–Crippen MR) is 132 cm³/mol. The Morgan fingerprint density at radius 2 is 2.17 bits per heavy atom. The zero-order valence-corrected chi connectivity index (χ0v) is 22.7. The van der Waals surface area contributed by atoms with Crippen LogP contribution in [-0.4, -0.2) is 82.1 Å². The fourth-order valence-corrected chi connectivity index (χ4v) is 6.99. The molecule has 11 nitrogen and oxygen atoms in total. The van der Waals surface area contributed by atoms with E-state index in [1.807, 2.05) is 14.1 Å². The predicted octanol–water partition coefficient (Wildman–Crippen LogP) is 2.61. The van der Waals surface area contributed by atoms with Crippen molar-refractivity contribution in [2.45, 2.75) is 63.9 Å². The van der Waals surface area contributed by atoms with Crippen LogP contribution < -0.4 is 9.99 Å². The second-order valence-corrected chi connectivity index (χ2v) is 12.5. The van der Waals surface area contributed by atoms with Crippen molar-refractivity contribution < 1.29 is 27.7 Å². The van der Waals surface area contributed by atoms with Crippen molar-refractivity contribution in [1.82, 2.24) is 24.6 Å². The lowest BCUT2D eigenvalue weighted by Gasteiger charge is -2.41. The van der Waals surface area contributed by atoms with E-state index in [4.69, 9.17) is 41.9 Å². The van der Waals surface area contributed by atoms with E-state index in [-0.39, 0.29) is 18.6 Å². The number of halogens is 2. The van der Waals surface area contributed by atoms with Crippen molar-refractivity contribution in [1.29, 1.82) is 0 Å². The molecular weight excluding hydrogens is 522 g/mol. The number of alkyl halides is 2. The highest BCUT2D eigenvalue weighted by Crippen LogP contribution is 2.58. The molecule has 1 N–H and O–H groups in total. The molecule has 4 heterocycles. The van der Waals surface area contributed by atoms with E-state index in [0.717, 1.165) is 0 Å². The molecule has 2 aliphatic heterocycles. The zero-order valence-electron chi connectivity index (χ0n) is 20.3. The lowest BCUT2D eigenvalue weighted by molar-refractivity contribution is -0.149. The molecule has 0 aliphatic carbocycles. The molecule has 0 bridgehead atoms. The van der Waals surface area contributed by atoms with Gasteiger partial charge in [0.25, 0.3) is 6.64 Å². The number of esters is 1. The molecule has 2 fully saturated rings. The number of hydrogen-bond acceptors (Lipinski definition) is 10. The summed E-state index contributed by atoms with van der Waals surface area (Å²) >= 11 is 11.8. The molecule has 2 aromatic rings. The SMILES string of the molecule is Cc1nc(N(C)C)c2ncn([C@@H]3O[C@]4(CCl)COP(=S)(N[C@@H](C)C(=O)OC(C)C)O[C@H]4[C@H]3F)c2n1. The number of rotatable bonds is 7. The maximum atomic E-state index is 16.0. The molecular formula is C20H29ClFN6O5PS. The molecule has 0 radical (unpaired) electrons. The Morgan fingerprint density at radius 3 is 2.80 bits per heavy atom. The van der Waals surface area contributed by atoms with Gasteiger partial charge >= 0.3 is 5.97 Å². The van der Waals surface area contributed by atoms with E-state index in [2.05, 4.69) is 20.0 Å². The highest BCUT2D eigenvalue weighted by atomic mass is 35.5. The van der Waals surface area contributed by atoms with Crippen molar-refractivity contribution in [3.05, 3.63) is 12.2 Å². The second-order valence-electron chi connectivity index (χ2n) is 9.10. The van der Waals surface area contributed by atoms with Crippen molar-refractivity contribution >= 4 is 53.0 Å². The molecule has 6 atom stereocenters. The standard InChI is InChI=1S/C20H29ClFN6O5PS/c1-10(2)31-19(29)11(3)26-34(35)30-8-20(7-21)15(33-34)13(22)18(32-20)28-9-23-14-16(27(5)6)24-12(4)25-17(14)28/h9-11,13,15,18H,7-8H2,1-6H3,(H,26,35)/t11-,13+,15-,18+,20+,34?/m0/s1. The van der Waals surface area contributed by atoms with Crippen LogP contribution in [0.25, 0.3) is 11.2 Å². The first-order chi connectivity index (χ1) is 16.4.